The molecule has 0 saturated heterocycles. The van der Waals surface area contributed by atoms with Crippen LogP contribution >= 0.6 is 0 Å². The maximum atomic E-state index is 13.1. The minimum atomic E-state index is -0.367. The van der Waals surface area contributed by atoms with Gasteiger partial charge in [0.25, 0.3) is 0 Å². The Morgan fingerprint density at radius 2 is 1.79 bits per heavy atom. The van der Waals surface area contributed by atoms with Gasteiger partial charge in [-0.25, -0.2) is 4.68 Å². The molecule has 0 fully saturated rings. The van der Waals surface area contributed by atoms with Crippen LogP contribution in [0.25, 0.3) is 16.5 Å². The van der Waals surface area contributed by atoms with E-state index < -0.39 is 0 Å². The van der Waals surface area contributed by atoms with Crippen LogP contribution in [0.3, 0.4) is 0 Å². The zero-order valence-corrected chi connectivity index (χ0v) is 19.9. The van der Waals surface area contributed by atoms with E-state index in [1.807, 2.05) is 48.0 Å². The predicted octanol–water partition coefficient (Wildman–Crippen LogP) is 5.76. The van der Waals surface area contributed by atoms with Crippen molar-refractivity contribution in [2.45, 2.75) is 52.5 Å². The SMILES string of the molecule is Cc1ccc(-n2nc(C(C)(C)C)cc2CNC(=O)C(C)c2cccc3ccc(O)cc23)cc1. The van der Waals surface area contributed by atoms with E-state index >= 15 is 0 Å². The summed E-state index contributed by atoms with van der Waals surface area (Å²) in [6, 6.07) is 21.4. The van der Waals surface area contributed by atoms with Crippen LogP contribution in [0.1, 0.15) is 56.1 Å². The number of phenols is 1. The minimum absolute atomic E-state index is 0.0696. The van der Waals surface area contributed by atoms with Crippen molar-refractivity contribution in [1.29, 1.82) is 0 Å². The third-order valence-electron chi connectivity index (χ3n) is 6.03. The van der Waals surface area contributed by atoms with E-state index in [0.29, 0.717) is 6.54 Å². The Labute approximate surface area is 195 Å². The summed E-state index contributed by atoms with van der Waals surface area (Å²) in [4.78, 5) is 13.1. The molecule has 1 unspecified atom stereocenters. The molecule has 0 aliphatic rings. The van der Waals surface area contributed by atoms with Crippen LogP contribution in [-0.4, -0.2) is 20.8 Å². The lowest BCUT2D eigenvalue weighted by Gasteiger charge is -2.16. The highest BCUT2D eigenvalue weighted by molar-refractivity contribution is 5.93. The number of amides is 1. The van der Waals surface area contributed by atoms with E-state index in [2.05, 4.69) is 51.2 Å². The number of carbonyl (C=O) groups excluding carboxylic acids is 1. The number of nitrogens with one attached hydrogen (secondary N) is 1. The van der Waals surface area contributed by atoms with E-state index in [-0.39, 0.29) is 23.0 Å². The van der Waals surface area contributed by atoms with Crippen LogP contribution in [0.4, 0.5) is 0 Å². The fourth-order valence-electron chi connectivity index (χ4n) is 3.96. The molecule has 3 aromatic carbocycles. The van der Waals surface area contributed by atoms with E-state index in [9.17, 15) is 9.90 Å². The van der Waals surface area contributed by atoms with Crippen molar-refractivity contribution in [2.75, 3.05) is 0 Å². The normalized spacial score (nSPS) is 12.6. The second-order valence-electron chi connectivity index (χ2n) is 9.71. The van der Waals surface area contributed by atoms with Crippen molar-refractivity contribution in [3.8, 4) is 11.4 Å². The average molecular weight is 442 g/mol. The number of aryl methyl sites for hydroxylation is 1. The van der Waals surface area contributed by atoms with Crippen molar-refractivity contribution in [3.05, 3.63) is 89.2 Å². The molecule has 1 amide bonds. The predicted molar refractivity (Wildman–Crippen MR) is 133 cm³/mol. The van der Waals surface area contributed by atoms with E-state index in [1.54, 1.807) is 12.1 Å². The van der Waals surface area contributed by atoms with E-state index in [4.69, 9.17) is 5.10 Å². The van der Waals surface area contributed by atoms with Crippen molar-refractivity contribution in [1.82, 2.24) is 15.1 Å². The van der Waals surface area contributed by atoms with Gasteiger partial charge in [0.1, 0.15) is 5.75 Å². The molecule has 1 atom stereocenters. The smallest absolute Gasteiger partial charge is 0.227 e. The number of carbonyl (C=O) groups is 1. The van der Waals surface area contributed by atoms with Gasteiger partial charge in [0.2, 0.25) is 5.91 Å². The first-order valence-electron chi connectivity index (χ1n) is 11.3. The zero-order valence-electron chi connectivity index (χ0n) is 19.9. The third-order valence-corrected chi connectivity index (χ3v) is 6.03. The Morgan fingerprint density at radius 3 is 2.48 bits per heavy atom. The zero-order chi connectivity index (χ0) is 23.8. The van der Waals surface area contributed by atoms with Crippen molar-refractivity contribution < 1.29 is 9.90 Å². The Kier molecular flexibility index (Phi) is 5.98. The molecular formula is C28H31N3O2. The molecule has 0 aliphatic carbocycles. The monoisotopic (exact) mass is 441 g/mol. The molecule has 5 nitrogen and oxygen atoms in total. The van der Waals surface area contributed by atoms with Crippen LogP contribution in [0.2, 0.25) is 0 Å². The Balaban J connectivity index is 1.60. The largest absolute Gasteiger partial charge is 0.508 e. The van der Waals surface area contributed by atoms with Gasteiger partial charge in [-0.1, -0.05) is 62.7 Å². The highest BCUT2D eigenvalue weighted by Gasteiger charge is 2.22. The molecular weight excluding hydrogens is 410 g/mol. The standard InChI is InChI=1S/C28H31N3O2/c1-18-9-12-21(13-10-18)31-22(15-26(30-31)28(3,4)5)17-29-27(33)19(2)24-8-6-7-20-11-14-23(32)16-25(20)24/h6-16,19,32H,17H2,1-5H3,(H,29,33). The molecule has 4 aromatic rings. The summed E-state index contributed by atoms with van der Waals surface area (Å²) < 4.78 is 1.92. The number of phenolic OH excluding ortho intramolecular Hbond substituents is 1. The molecule has 0 spiro atoms. The van der Waals surface area contributed by atoms with Gasteiger partial charge >= 0.3 is 0 Å². The number of aromatic hydroxyl groups is 1. The van der Waals surface area contributed by atoms with Crippen LogP contribution in [0.15, 0.2) is 66.7 Å². The average Bonchev–Trinajstić information content (AvgIpc) is 3.22. The Bertz CT molecular complexity index is 1300. The van der Waals surface area contributed by atoms with Crippen molar-refractivity contribution in [2.24, 2.45) is 0 Å². The van der Waals surface area contributed by atoms with Crippen LogP contribution < -0.4 is 5.32 Å². The first kappa shape index (κ1) is 22.6. The molecule has 170 valence electrons. The quantitative estimate of drug-likeness (QED) is 0.414. The highest BCUT2D eigenvalue weighted by Crippen LogP contribution is 2.29. The van der Waals surface area contributed by atoms with Crippen molar-refractivity contribution >= 4 is 16.7 Å². The first-order chi connectivity index (χ1) is 15.6. The minimum Gasteiger partial charge on any atom is -0.508 e. The fraction of sp³-hybridized carbons (Fsp3) is 0.286. The van der Waals surface area contributed by atoms with Gasteiger partial charge in [0, 0.05) is 5.41 Å². The highest BCUT2D eigenvalue weighted by atomic mass is 16.3. The summed E-state index contributed by atoms with van der Waals surface area (Å²) in [6.45, 7) is 10.7. The summed E-state index contributed by atoms with van der Waals surface area (Å²) in [5.41, 5.74) is 4.85. The number of benzene rings is 3. The number of nitrogens with zero attached hydrogens (tertiary/aromatic N) is 2. The summed E-state index contributed by atoms with van der Waals surface area (Å²) in [5, 5.41) is 19.8. The number of hydrogen-bond acceptors (Lipinski definition) is 3. The molecule has 5 heteroatoms. The lowest BCUT2D eigenvalue weighted by molar-refractivity contribution is -0.122. The summed E-state index contributed by atoms with van der Waals surface area (Å²) in [6.07, 6.45) is 0. The molecule has 0 aliphatic heterocycles. The molecule has 1 aromatic heterocycles. The molecule has 2 N–H and O–H groups in total. The van der Waals surface area contributed by atoms with Crippen LogP contribution in [0.5, 0.6) is 5.75 Å². The Hall–Kier alpha value is -3.60. The number of rotatable bonds is 5. The second-order valence-corrected chi connectivity index (χ2v) is 9.71. The van der Waals surface area contributed by atoms with Gasteiger partial charge in [-0.15, -0.1) is 0 Å². The molecule has 0 bridgehead atoms. The molecule has 0 radical (unpaired) electrons. The van der Waals surface area contributed by atoms with E-state index in [0.717, 1.165) is 33.4 Å². The van der Waals surface area contributed by atoms with Gasteiger partial charge in [-0.2, -0.15) is 5.10 Å². The van der Waals surface area contributed by atoms with Crippen LogP contribution in [0, 0.1) is 6.92 Å². The van der Waals surface area contributed by atoms with Crippen LogP contribution in [-0.2, 0) is 16.8 Å². The van der Waals surface area contributed by atoms with Crippen molar-refractivity contribution in [3.63, 3.8) is 0 Å². The third kappa shape index (κ3) is 4.77. The summed E-state index contributed by atoms with van der Waals surface area (Å²) >= 11 is 0. The number of fused-ring (bicyclic) bond motifs is 1. The van der Waals surface area contributed by atoms with E-state index in [1.165, 1.54) is 5.56 Å². The molecule has 1 heterocycles. The first-order valence-corrected chi connectivity index (χ1v) is 11.3. The maximum absolute atomic E-state index is 13.1. The Morgan fingerprint density at radius 1 is 1.06 bits per heavy atom. The summed E-state index contributed by atoms with van der Waals surface area (Å²) in [5.74, 6) is -0.243. The lowest BCUT2D eigenvalue weighted by atomic mass is 9.92. The summed E-state index contributed by atoms with van der Waals surface area (Å²) in [7, 11) is 0. The maximum Gasteiger partial charge on any atom is 0.227 e. The molecule has 0 saturated carbocycles. The second kappa shape index (κ2) is 8.74. The topological polar surface area (TPSA) is 67.2 Å². The number of hydrogen-bond donors (Lipinski definition) is 2. The number of aromatic nitrogens is 2. The van der Waals surface area contributed by atoms with Gasteiger partial charge in [-0.05, 0) is 60.5 Å². The molecule has 33 heavy (non-hydrogen) atoms. The van der Waals surface area contributed by atoms with Gasteiger partial charge in [0.15, 0.2) is 0 Å². The van der Waals surface area contributed by atoms with Gasteiger partial charge < -0.3 is 10.4 Å². The van der Waals surface area contributed by atoms with Gasteiger partial charge in [-0.3, -0.25) is 4.79 Å². The van der Waals surface area contributed by atoms with Gasteiger partial charge in [0.05, 0.1) is 29.5 Å². The lowest BCUT2D eigenvalue weighted by Crippen LogP contribution is -2.28. The fourth-order valence-corrected chi connectivity index (χ4v) is 3.96. The molecule has 4 rings (SSSR count).